The molecule has 4 aliphatic carbocycles. The predicted molar refractivity (Wildman–Crippen MR) is 99.9 cm³/mol. The minimum absolute atomic E-state index is 0.131. The van der Waals surface area contributed by atoms with Gasteiger partial charge in [0.2, 0.25) is 0 Å². The van der Waals surface area contributed by atoms with Crippen molar-refractivity contribution in [1.29, 1.82) is 0 Å². The van der Waals surface area contributed by atoms with Crippen molar-refractivity contribution in [1.82, 2.24) is 0 Å². The molecule has 3 nitrogen and oxygen atoms in total. The molecule has 4 fully saturated rings. The fourth-order valence-electron chi connectivity index (χ4n) is 6.39. The number of hydrogen-bond donors (Lipinski definition) is 0. The minimum Gasteiger partial charge on any atom is -0.436 e. The standard InChI is InChI=1S/C20H32O3.C2H6/c1-5-20(3,4)19(21)23-11(2)22-16-10-14-9-15(16)18-13-7-6-12(8-13)17(14)18;1-2/h11-18H,5-10H2,1-4H3;1-2H3. The van der Waals surface area contributed by atoms with Crippen molar-refractivity contribution in [2.75, 3.05) is 0 Å². The lowest BCUT2D eigenvalue weighted by Gasteiger charge is -2.39. The molecule has 8 unspecified atom stereocenters. The van der Waals surface area contributed by atoms with Gasteiger partial charge in [0.1, 0.15) is 0 Å². The molecular formula is C22H38O3. The van der Waals surface area contributed by atoms with Gasteiger partial charge in [-0.05, 0) is 94.8 Å². The molecule has 0 radical (unpaired) electrons. The maximum atomic E-state index is 12.2. The summed E-state index contributed by atoms with van der Waals surface area (Å²) in [4.78, 5) is 12.2. The summed E-state index contributed by atoms with van der Waals surface area (Å²) in [5.41, 5.74) is -0.415. The van der Waals surface area contributed by atoms with Gasteiger partial charge >= 0.3 is 5.97 Å². The van der Waals surface area contributed by atoms with E-state index in [1.807, 2.05) is 41.5 Å². The van der Waals surface area contributed by atoms with Crippen LogP contribution in [-0.2, 0) is 14.3 Å². The monoisotopic (exact) mass is 350 g/mol. The summed E-state index contributed by atoms with van der Waals surface area (Å²) >= 11 is 0. The second-order valence-electron chi connectivity index (χ2n) is 9.27. The molecule has 0 heterocycles. The summed E-state index contributed by atoms with van der Waals surface area (Å²) < 4.78 is 11.8. The van der Waals surface area contributed by atoms with Crippen molar-refractivity contribution >= 4 is 5.97 Å². The number of ether oxygens (including phenoxy) is 2. The molecule has 144 valence electrons. The van der Waals surface area contributed by atoms with Crippen molar-refractivity contribution in [2.24, 2.45) is 40.9 Å². The smallest absolute Gasteiger partial charge is 0.313 e. The molecule has 4 bridgehead atoms. The fraction of sp³-hybridized carbons (Fsp3) is 0.955. The van der Waals surface area contributed by atoms with Crippen LogP contribution in [-0.4, -0.2) is 18.4 Å². The molecule has 3 heteroatoms. The van der Waals surface area contributed by atoms with Gasteiger partial charge in [-0.25, -0.2) is 0 Å². The Morgan fingerprint density at radius 2 is 1.68 bits per heavy atom. The van der Waals surface area contributed by atoms with Crippen LogP contribution in [0.2, 0.25) is 0 Å². The Bertz CT molecular complexity index is 486. The van der Waals surface area contributed by atoms with Crippen LogP contribution in [0.1, 0.15) is 80.1 Å². The highest BCUT2D eigenvalue weighted by Gasteiger charge is 2.62. The topological polar surface area (TPSA) is 35.5 Å². The predicted octanol–water partition coefficient (Wildman–Crippen LogP) is 5.43. The number of esters is 1. The Balaban J connectivity index is 0.000000880. The molecule has 4 aliphatic rings. The van der Waals surface area contributed by atoms with Gasteiger partial charge in [-0.2, -0.15) is 0 Å². The quantitative estimate of drug-likeness (QED) is 0.377. The maximum absolute atomic E-state index is 12.2. The van der Waals surface area contributed by atoms with Gasteiger partial charge < -0.3 is 9.47 Å². The molecular weight excluding hydrogens is 312 g/mol. The molecule has 0 N–H and O–H groups in total. The third kappa shape index (κ3) is 3.26. The maximum Gasteiger partial charge on any atom is 0.313 e. The van der Waals surface area contributed by atoms with Gasteiger partial charge in [0.25, 0.3) is 0 Å². The molecule has 0 aliphatic heterocycles. The van der Waals surface area contributed by atoms with Gasteiger partial charge in [-0.3, -0.25) is 4.79 Å². The Morgan fingerprint density at radius 1 is 1.04 bits per heavy atom. The van der Waals surface area contributed by atoms with E-state index in [1.54, 1.807) is 0 Å². The van der Waals surface area contributed by atoms with E-state index < -0.39 is 11.7 Å². The zero-order valence-electron chi connectivity index (χ0n) is 17.1. The average molecular weight is 351 g/mol. The van der Waals surface area contributed by atoms with E-state index >= 15 is 0 Å². The zero-order chi connectivity index (χ0) is 18.4. The lowest BCUT2D eigenvalue weighted by Crippen LogP contribution is -2.39. The molecule has 4 rings (SSSR count). The van der Waals surface area contributed by atoms with Crippen LogP contribution in [0.5, 0.6) is 0 Å². The van der Waals surface area contributed by atoms with Crippen molar-refractivity contribution < 1.29 is 14.3 Å². The third-order valence-electron chi connectivity index (χ3n) is 7.75. The minimum atomic E-state index is -0.415. The molecule has 8 atom stereocenters. The second-order valence-corrected chi connectivity index (χ2v) is 9.27. The van der Waals surface area contributed by atoms with Crippen LogP contribution in [0.4, 0.5) is 0 Å². The number of rotatable bonds is 5. The normalized spacial score (nSPS) is 41.9. The largest absolute Gasteiger partial charge is 0.436 e. The zero-order valence-corrected chi connectivity index (χ0v) is 17.1. The highest BCUT2D eigenvalue weighted by atomic mass is 16.7. The van der Waals surface area contributed by atoms with E-state index in [-0.39, 0.29) is 5.97 Å². The molecule has 25 heavy (non-hydrogen) atoms. The SMILES string of the molecule is CC.CCC(C)(C)C(=O)OC(C)OC1CC2CC1C1C3CCC(C3)C21. The fourth-order valence-corrected chi connectivity index (χ4v) is 6.39. The molecule has 0 spiro atoms. The summed E-state index contributed by atoms with van der Waals surface area (Å²) in [6, 6.07) is 0. The molecule has 0 saturated heterocycles. The second kappa shape index (κ2) is 7.21. The van der Waals surface area contributed by atoms with Gasteiger partial charge in [0.05, 0.1) is 11.5 Å². The molecule has 0 aromatic heterocycles. The van der Waals surface area contributed by atoms with Gasteiger partial charge in [0.15, 0.2) is 6.29 Å². The van der Waals surface area contributed by atoms with Crippen molar-refractivity contribution in [3.8, 4) is 0 Å². The number of hydrogen-bond acceptors (Lipinski definition) is 3. The Labute approximate surface area is 154 Å². The van der Waals surface area contributed by atoms with Crippen LogP contribution in [0.15, 0.2) is 0 Å². The van der Waals surface area contributed by atoms with E-state index in [9.17, 15) is 4.79 Å². The van der Waals surface area contributed by atoms with E-state index in [0.29, 0.717) is 6.10 Å². The van der Waals surface area contributed by atoms with Crippen LogP contribution in [0, 0.1) is 40.9 Å². The first-order valence-electron chi connectivity index (χ1n) is 10.8. The van der Waals surface area contributed by atoms with E-state index in [1.165, 1.54) is 32.1 Å². The van der Waals surface area contributed by atoms with Crippen molar-refractivity contribution in [3.63, 3.8) is 0 Å². The van der Waals surface area contributed by atoms with Crippen LogP contribution in [0.25, 0.3) is 0 Å². The van der Waals surface area contributed by atoms with Gasteiger partial charge in [-0.15, -0.1) is 0 Å². The highest BCUT2D eigenvalue weighted by Crippen LogP contribution is 2.67. The summed E-state index contributed by atoms with van der Waals surface area (Å²) in [6.07, 6.45) is 7.71. The molecule has 0 amide bonds. The van der Waals surface area contributed by atoms with Crippen LogP contribution >= 0.6 is 0 Å². The Kier molecular flexibility index (Phi) is 5.54. The van der Waals surface area contributed by atoms with E-state index in [2.05, 4.69) is 0 Å². The first kappa shape index (κ1) is 19.2. The molecule has 0 aromatic rings. The summed E-state index contributed by atoms with van der Waals surface area (Å²) in [5, 5.41) is 0. The third-order valence-corrected chi connectivity index (χ3v) is 7.75. The van der Waals surface area contributed by atoms with Crippen molar-refractivity contribution in [3.05, 3.63) is 0 Å². The Hall–Kier alpha value is -0.570. The first-order chi connectivity index (χ1) is 11.9. The lowest BCUT2D eigenvalue weighted by atomic mass is 9.70. The number of carbonyl (C=O) groups excluding carboxylic acids is 1. The number of fused-ring (bicyclic) bond motifs is 9. The van der Waals surface area contributed by atoms with Gasteiger partial charge in [-0.1, -0.05) is 20.8 Å². The summed E-state index contributed by atoms with van der Waals surface area (Å²) in [6.45, 7) is 11.8. The lowest BCUT2D eigenvalue weighted by molar-refractivity contribution is -0.201. The first-order valence-corrected chi connectivity index (χ1v) is 10.8. The summed E-state index contributed by atoms with van der Waals surface area (Å²) in [5.74, 6) is 5.43. The van der Waals surface area contributed by atoms with Gasteiger partial charge in [0, 0.05) is 0 Å². The summed E-state index contributed by atoms with van der Waals surface area (Å²) in [7, 11) is 0. The molecule has 4 saturated carbocycles. The highest BCUT2D eigenvalue weighted by molar-refractivity contribution is 5.75. The van der Waals surface area contributed by atoms with E-state index in [4.69, 9.17) is 9.47 Å². The van der Waals surface area contributed by atoms with E-state index in [0.717, 1.165) is 41.9 Å². The Morgan fingerprint density at radius 3 is 2.32 bits per heavy atom. The number of carbonyl (C=O) groups is 1. The average Bonchev–Trinajstić information content (AvgIpc) is 3.35. The van der Waals surface area contributed by atoms with Crippen LogP contribution in [0.3, 0.4) is 0 Å². The van der Waals surface area contributed by atoms with Crippen LogP contribution < -0.4 is 0 Å². The van der Waals surface area contributed by atoms with Crippen molar-refractivity contribution in [2.45, 2.75) is 92.5 Å². The molecule has 0 aromatic carbocycles.